The Bertz CT molecular complexity index is 425. The van der Waals surface area contributed by atoms with Gasteiger partial charge in [-0.05, 0) is 19.3 Å². The smallest absolute Gasteiger partial charge is 0.326 e. The number of carbonyl (C=O) groups excluding carboxylic acids is 2. The normalized spacial score (nSPS) is 19.7. The van der Waals surface area contributed by atoms with Crippen LogP contribution in [0.4, 0.5) is 0 Å². The fourth-order valence-electron chi connectivity index (χ4n) is 2.37. The van der Waals surface area contributed by atoms with E-state index >= 15 is 0 Å². The van der Waals surface area contributed by atoms with Gasteiger partial charge < -0.3 is 20.5 Å². The van der Waals surface area contributed by atoms with Gasteiger partial charge in [-0.25, -0.2) is 4.79 Å². The second kappa shape index (κ2) is 8.86. The lowest BCUT2D eigenvalue weighted by Gasteiger charge is -2.28. The van der Waals surface area contributed by atoms with Crippen LogP contribution in [0.2, 0.25) is 0 Å². The molecule has 1 heterocycles. The molecule has 2 atom stereocenters. The Labute approximate surface area is 137 Å². The summed E-state index contributed by atoms with van der Waals surface area (Å²) in [6.45, 7) is 6.85. The SMILES string of the molecule is CC(C)(C)C(=O)NCCCC(=O)NC(C(=O)O)C1CCCOC1. The predicted molar refractivity (Wildman–Crippen MR) is 84.8 cm³/mol. The molecule has 7 heteroatoms. The molecule has 0 aromatic carbocycles. The maximum atomic E-state index is 11.9. The molecule has 0 aliphatic carbocycles. The number of hydrogen-bond donors (Lipinski definition) is 3. The summed E-state index contributed by atoms with van der Waals surface area (Å²) < 4.78 is 5.29. The summed E-state index contributed by atoms with van der Waals surface area (Å²) >= 11 is 0. The molecule has 1 rings (SSSR count). The van der Waals surface area contributed by atoms with E-state index in [1.807, 2.05) is 20.8 Å². The number of aliphatic carboxylic acids is 1. The number of rotatable bonds is 7. The van der Waals surface area contributed by atoms with Gasteiger partial charge in [-0.1, -0.05) is 20.8 Å². The first-order chi connectivity index (χ1) is 10.7. The molecule has 7 nitrogen and oxygen atoms in total. The third-order valence-electron chi connectivity index (χ3n) is 3.80. The molecule has 0 aromatic heterocycles. The number of amides is 2. The summed E-state index contributed by atoms with van der Waals surface area (Å²) in [4.78, 5) is 34.9. The van der Waals surface area contributed by atoms with Gasteiger partial charge in [0.05, 0.1) is 6.61 Å². The summed E-state index contributed by atoms with van der Waals surface area (Å²) in [5.41, 5.74) is -0.461. The van der Waals surface area contributed by atoms with E-state index in [0.29, 0.717) is 26.2 Å². The molecule has 3 N–H and O–H groups in total. The topological polar surface area (TPSA) is 105 Å². The van der Waals surface area contributed by atoms with E-state index in [1.54, 1.807) is 0 Å². The van der Waals surface area contributed by atoms with Gasteiger partial charge in [0.25, 0.3) is 0 Å². The Morgan fingerprint density at radius 3 is 2.52 bits per heavy atom. The van der Waals surface area contributed by atoms with E-state index in [0.717, 1.165) is 12.8 Å². The third kappa shape index (κ3) is 6.99. The lowest BCUT2D eigenvalue weighted by atomic mass is 9.93. The molecule has 0 saturated carbocycles. The van der Waals surface area contributed by atoms with Crippen LogP contribution < -0.4 is 10.6 Å². The summed E-state index contributed by atoms with van der Waals surface area (Å²) in [5.74, 6) is -1.60. The van der Waals surface area contributed by atoms with Crippen molar-refractivity contribution in [1.82, 2.24) is 10.6 Å². The molecule has 1 aliphatic rings. The first kappa shape index (κ1) is 19.4. The Hall–Kier alpha value is -1.63. The molecule has 0 radical (unpaired) electrons. The van der Waals surface area contributed by atoms with E-state index < -0.39 is 17.4 Å². The Balaban J connectivity index is 2.33. The van der Waals surface area contributed by atoms with Crippen LogP contribution in [-0.2, 0) is 19.1 Å². The Morgan fingerprint density at radius 1 is 1.30 bits per heavy atom. The van der Waals surface area contributed by atoms with Crippen molar-refractivity contribution in [3.8, 4) is 0 Å². The predicted octanol–water partition coefficient (Wildman–Crippen LogP) is 0.925. The average Bonchev–Trinajstić information content (AvgIpc) is 2.48. The van der Waals surface area contributed by atoms with E-state index in [1.165, 1.54) is 0 Å². The molecule has 0 spiro atoms. The zero-order chi connectivity index (χ0) is 17.5. The van der Waals surface area contributed by atoms with Gasteiger partial charge >= 0.3 is 5.97 Å². The van der Waals surface area contributed by atoms with Gasteiger partial charge in [-0.2, -0.15) is 0 Å². The second-order valence-corrected chi connectivity index (χ2v) is 6.97. The van der Waals surface area contributed by atoms with E-state index in [4.69, 9.17) is 4.74 Å². The van der Waals surface area contributed by atoms with Gasteiger partial charge in [-0.15, -0.1) is 0 Å². The largest absolute Gasteiger partial charge is 0.480 e. The lowest BCUT2D eigenvalue weighted by molar-refractivity contribution is -0.145. The molecule has 132 valence electrons. The Kier molecular flexibility index (Phi) is 7.48. The maximum Gasteiger partial charge on any atom is 0.326 e. The van der Waals surface area contributed by atoms with Crippen LogP contribution in [0.25, 0.3) is 0 Å². The van der Waals surface area contributed by atoms with Crippen LogP contribution in [0.3, 0.4) is 0 Å². The van der Waals surface area contributed by atoms with Crippen molar-refractivity contribution in [2.24, 2.45) is 11.3 Å². The minimum Gasteiger partial charge on any atom is -0.480 e. The summed E-state index contributed by atoms with van der Waals surface area (Å²) in [7, 11) is 0. The number of carboxylic acids is 1. The van der Waals surface area contributed by atoms with Gasteiger partial charge in [0.15, 0.2) is 0 Å². The summed E-state index contributed by atoms with van der Waals surface area (Å²) in [5, 5.41) is 14.6. The minimum absolute atomic E-state index is 0.0688. The molecular weight excluding hydrogens is 300 g/mol. The van der Waals surface area contributed by atoms with E-state index in [-0.39, 0.29) is 24.2 Å². The van der Waals surface area contributed by atoms with Gasteiger partial charge in [-0.3, -0.25) is 9.59 Å². The van der Waals surface area contributed by atoms with Crippen molar-refractivity contribution in [3.63, 3.8) is 0 Å². The number of carboxylic acid groups (broad SMARTS) is 1. The van der Waals surface area contributed by atoms with Gasteiger partial charge in [0.1, 0.15) is 6.04 Å². The zero-order valence-corrected chi connectivity index (χ0v) is 14.2. The summed E-state index contributed by atoms with van der Waals surface area (Å²) in [6, 6.07) is -0.910. The molecule has 23 heavy (non-hydrogen) atoms. The molecule has 1 saturated heterocycles. The number of carbonyl (C=O) groups is 3. The molecular formula is C16H28N2O5. The minimum atomic E-state index is -1.03. The highest BCUT2D eigenvalue weighted by atomic mass is 16.5. The zero-order valence-electron chi connectivity index (χ0n) is 14.2. The standard InChI is InChI=1S/C16H28N2O5/c1-16(2,3)15(22)17-8-4-7-12(19)18-13(14(20)21)11-6-5-9-23-10-11/h11,13H,4-10H2,1-3H3,(H,17,22)(H,18,19)(H,20,21). The molecule has 0 aromatic rings. The van der Waals surface area contributed by atoms with Gasteiger partial charge in [0, 0.05) is 30.9 Å². The highest BCUT2D eigenvalue weighted by molar-refractivity contribution is 5.84. The molecule has 2 unspecified atom stereocenters. The van der Waals surface area contributed by atoms with Crippen LogP contribution in [-0.4, -0.2) is 48.7 Å². The average molecular weight is 328 g/mol. The fraction of sp³-hybridized carbons (Fsp3) is 0.812. The summed E-state index contributed by atoms with van der Waals surface area (Å²) in [6.07, 6.45) is 2.20. The van der Waals surface area contributed by atoms with Crippen LogP contribution in [0.15, 0.2) is 0 Å². The molecule has 1 fully saturated rings. The number of ether oxygens (including phenoxy) is 1. The quantitative estimate of drug-likeness (QED) is 0.603. The monoisotopic (exact) mass is 328 g/mol. The third-order valence-corrected chi connectivity index (χ3v) is 3.80. The van der Waals surface area contributed by atoms with Gasteiger partial charge in [0.2, 0.25) is 11.8 Å². The first-order valence-corrected chi connectivity index (χ1v) is 8.10. The highest BCUT2D eigenvalue weighted by Gasteiger charge is 2.31. The van der Waals surface area contributed by atoms with E-state index in [9.17, 15) is 19.5 Å². The highest BCUT2D eigenvalue weighted by Crippen LogP contribution is 2.18. The van der Waals surface area contributed by atoms with Crippen molar-refractivity contribution in [2.45, 2.75) is 52.5 Å². The van der Waals surface area contributed by atoms with Crippen LogP contribution in [0, 0.1) is 11.3 Å². The molecule has 1 aliphatic heterocycles. The van der Waals surface area contributed by atoms with Crippen LogP contribution >= 0.6 is 0 Å². The number of hydrogen-bond acceptors (Lipinski definition) is 4. The maximum absolute atomic E-state index is 11.9. The van der Waals surface area contributed by atoms with Crippen LogP contribution in [0.1, 0.15) is 46.5 Å². The number of nitrogens with one attached hydrogen (secondary N) is 2. The van der Waals surface area contributed by atoms with Crippen molar-refractivity contribution in [3.05, 3.63) is 0 Å². The van der Waals surface area contributed by atoms with Crippen molar-refractivity contribution < 1.29 is 24.2 Å². The molecule has 0 bridgehead atoms. The van der Waals surface area contributed by atoms with E-state index in [2.05, 4.69) is 10.6 Å². The van der Waals surface area contributed by atoms with Crippen molar-refractivity contribution in [2.75, 3.05) is 19.8 Å². The molecule has 2 amide bonds. The van der Waals surface area contributed by atoms with Crippen molar-refractivity contribution in [1.29, 1.82) is 0 Å². The Morgan fingerprint density at radius 2 is 2.00 bits per heavy atom. The van der Waals surface area contributed by atoms with Crippen LogP contribution in [0.5, 0.6) is 0 Å². The van der Waals surface area contributed by atoms with Crippen molar-refractivity contribution >= 4 is 17.8 Å². The fourth-order valence-corrected chi connectivity index (χ4v) is 2.37. The first-order valence-electron chi connectivity index (χ1n) is 8.10. The second-order valence-electron chi connectivity index (χ2n) is 6.97. The lowest BCUT2D eigenvalue weighted by Crippen LogP contribution is -2.48.